The Hall–Kier alpha value is -4.75. The van der Waals surface area contributed by atoms with E-state index in [0.717, 1.165) is 44.3 Å². The summed E-state index contributed by atoms with van der Waals surface area (Å²) in [5.74, 6) is -0.255. The minimum atomic E-state index is -0.255. The van der Waals surface area contributed by atoms with Crippen LogP contribution in [0.1, 0.15) is 41.7 Å². The first-order valence-electron chi connectivity index (χ1n) is 13.5. The topological polar surface area (TPSA) is 40.8 Å². The molecular weight excluding hydrogens is 495 g/mol. The van der Waals surface area contributed by atoms with E-state index in [1.807, 2.05) is 42.8 Å². The maximum Gasteiger partial charge on any atom is 0.219 e. The van der Waals surface area contributed by atoms with E-state index >= 15 is 0 Å². The molecule has 0 unspecified atom stereocenters. The fraction of sp³-hybridized carbons (Fsp3) is 0.167. The number of halogens is 1. The van der Waals surface area contributed by atoms with Gasteiger partial charge in [-0.15, -0.1) is 0 Å². The zero-order valence-corrected chi connectivity index (χ0v) is 23.2. The molecule has 2 heterocycles. The smallest absolute Gasteiger partial charge is 0.219 e. The van der Waals surface area contributed by atoms with E-state index in [2.05, 4.69) is 62.4 Å². The molecule has 1 aliphatic carbocycles. The molecule has 4 aromatic carbocycles. The first-order chi connectivity index (χ1) is 19.2. The molecule has 0 spiro atoms. The number of fused-ring (bicyclic) bond motifs is 6. The van der Waals surface area contributed by atoms with Crippen LogP contribution in [0.25, 0.3) is 55.4 Å². The molecule has 0 N–H and O–H groups in total. The van der Waals surface area contributed by atoms with Crippen molar-refractivity contribution in [2.75, 3.05) is 0 Å². The highest BCUT2D eigenvalue weighted by Crippen LogP contribution is 2.50. The lowest BCUT2D eigenvalue weighted by Crippen LogP contribution is -2.31. The Morgan fingerprint density at radius 2 is 1.57 bits per heavy atom. The molecule has 0 amide bonds. The zero-order chi connectivity index (χ0) is 27.9. The number of furan rings is 1. The molecule has 3 nitrogen and oxygen atoms in total. The van der Waals surface area contributed by atoms with Crippen LogP contribution in [0.5, 0.6) is 0 Å². The minimum Gasteiger partial charge on any atom is -0.454 e. The SMILES string of the molecule is Cc1c[n+](C)c(-c2c(C)ccc3c2oc2c(-c4ccc5c(c4)C(C)(C)c4ccccc4-5)cc(C#N)cc23)cc1F. The van der Waals surface area contributed by atoms with Crippen LogP contribution >= 0.6 is 0 Å². The zero-order valence-electron chi connectivity index (χ0n) is 23.2. The summed E-state index contributed by atoms with van der Waals surface area (Å²) in [5, 5.41) is 11.8. The molecule has 0 saturated heterocycles. The largest absolute Gasteiger partial charge is 0.454 e. The van der Waals surface area contributed by atoms with Crippen molar-refractivity contribution in [2.24, 2.45) is 7.05 Å². The number of pyridine rings is 1. The minimum absolute atomic E-state index is 0.143. The predicted octanol–water partition coefficient (Wildman–Crippen LogP) is 8.68. The third-order valence-corrected chi connectivity index (χ3v) is 8.64. The molecule has 0 fully saturated rings. The molecule has 1 aliphatic rings. The van der Waals surface area contributed by atoms with Gasteiger partial charge in [0.15, 0.2) is 6.20 Å². The number of benzene rings is 4. The Morgan fingerprint density at radius 1 is 0.800 bits per heavy atom. The van der Waals surface area contributed by atoms with Gasteiger partial charge in [-0.05, 0) is 65.4 Å². The number of hydrogen-bond donors (Lipinski definition) is 0. The van der Waals surface area contributed by atoms with Crippen molar-refractivity contribution in [1.29, 1.82) is 5.26 Å². The molecule has 0 atom stereocenters. The summed E-state index contributed by atoms with van der Waals surface area (Å²) < 4.78 is 23.4. The average Bonchev–Trinajstić information content (AvgIpc) is 3.43. The third-order valence-electron chi connectivity index (χ3n) is 8.64. The molecule has 4 heteroatoms. The quantitative estimate of drug-likeness (QED) is 0.213. The summed E-state index contributed by atoms with van der Waals surface area (Å²) >= 11 is 0. The summed E-state index contributed by atoms with van der Waals surface area (Å²) in [7, 11) is 1.92. The lowest BCUT2D eigenvalue weighted by Gasteiger charge is -2.22. The summed E-state index contributed by atoms with van der Waals surface area (Å²) in [6.07, 6.45) is 1.80. The second-order valence-electron chi connectivity index (χ2n) is 11.5. The standard InChI is InChI=1S/C36H28FN2O/c1-20-10-12-26-28-15-22(18-38)14-27(34(28)40-35(26)33(20)32-17-31(37)21(2)19-39(32)5)23-11-13-25-24-8-6-7-9-29(24)36(3,4)30(25)16-23/h6-17,19H,1-5H3/q+1. The van der Waals surface area contributed by atoms with Gasteiger partial charge in [0.2, 0.25) is 5.69 Å². The lowest BCUT2D eigenvalue weighted by atomic mass is 9.81. The summed E-state index contributed by atoms with van der Waals surface area (Å²) in [4.78, 5) is 0. The van der Waals surface area contributed by atoms with Gasteiger partial charge < -0.3 is 4.42 Å². The molecule has 0 saturated carbocycles. The molecule has 0 bridgehead atoms. The fourth-order valence-electron chi connectivity index (χ4n) is 6.52. The Labute approximate surface area is 232 Å². The summed E-state index contributed by atoms with van der Waals surface area (Å²) in [6.45, 7) is 8.31. The first kappa shape index (κ1) is 24.3. The van der Waals surface area contributed by atoms with Crippen molar-refractivity contribution in [3.05, 3.63) is 113 Å². The summed E-state index contributed by atoms with van der Waals surface area (Å²) in [5.41, 5.74) is 12.0. The number of hydrogen-bond acceptors (Lipinski definition) is 2. The van der Waals surface area contributed by atoms with E-state index in [-0.39, 0.29) is 11.2 Å². The van der Waals surface area contributed by atoms with Crippen LogP contribution in [0.15, 0.2) is 83.4 Å². The Morgan fingerprint density at radius 3 is 2.38 bits per heavy atom. The molecule has 40 heavy (non-hydrogen) atoms. The summed E-state index contributed by atoms with van der Waals surface area (Å²) in [6, 6.07) is 27.0. The van der Waals surface area contributed by atoms with E-state index in [4.69, 9.17) is 4.42 Å². The van der Waals surface area contributed by atoms with Crippen molar-refractivity contribution >= 4 is 21.9 Å². The Kier molecular flexibility index (Phi) is 5.09. The molecule has 6 aromatic rings. The first-order valence-corrected chi connectivity index (χ1v) is 13.5. The maximum absolute atomic E-state index is 14.8. The van der Waals surface area contributed by atoms with Gasteiger partial charge in [0.05, 0.1) is 17.2 Å². The van der Waals surface area contributed by atoms with Gasteiger partial charge >= 0.3 is 0 Å². The number of nitrogens with zero attached hydrogens (tertiary/aromatic N) is 2. The van der Waals surface area contributed by atoms with E-state index < -0.39 is 0 Å². The Bertz CT molecular complexity index is 2090. The predicted molar refractivity (Wildman–Crippen MR) is 157 cm³/mol. The molecule has 7 rings (SSSR count). The lowest BCUT2D eigenvalue weighted by molar-refractivity contribution is -0.661. The van der Waals surface area contributed by atoms with Crippen molar-refractivity contribution in [2.45, 2.75) is 33.1 Å². The molecule has 0 radical (unpaired) electrons. The highest BCUT2D eigenvalue weighted by atomic mass is 19.1. The van der Waals surface area contributed by atoms with Crippen LogP contribution in [0.4, 0.5) is 4.39 Å². The highest BCUT2D eigenvalue weighted by Gasteiger charge is 2.35. The van der Waals surface area contributed by atoms with Crippen molar-refractivity contribution in [3.8, 4) is 39.6 Å². The van der Waals surface area contributed by atoms with Gasteiger partial charge in [0.1, 0.15) is 24.0 Å². The van der Waals surface area contributed by atoms with Gasteiger partial charge in [0.25, 0.3) is 0 Å². The van der Waals surface area contributed by atoms with E-state index in [9.17, 15) is 9.65 Å². The number of rotatable bonds is 2. The number of nitriles is 1. The van der Waals surface area contributed by atoms with Gasteiger partial charge in [-0.25, -0.2) is 8.96 Å². The second kappa shape index (κ2) is 8.37. The number of aryl methyl sites for hydroxylation is 3. The average molecular weight is 524 g/mol. The van der Waals surface area contributed by atoms with Crippen molar-refractivity contribution in [3.63, 3.8) is 0 Å². The van der Waals surface area contributed by atoms with Crippen LogP contribution in [0.2, 0.25) is 0 Å². The van der Waals surface area contributed by atoms with Gasteiger partial charge in [0, 0.05) is 33.4 Å². The number of aromatic nitrogens is 1. The highest BCUT2D eigenvalue weighted by molar-refractivity contribution is 6.13. The van der Waals surface area contributed by atoms with Gasteiger partial charge in [-0.2, -0.15) is 5.26 Å². The van der Waals surface area contributed by atoms with Crippen molar-refractivity contribution in [1.82, 2.24) is 0 Å². The van der Waals surface area contributed by atoms with Crippen molar-refractivity contribution < 1.29 is 13.4 Å². The maximum atomic E-state index is 14.8. The molecular formula is C36H28FN2O+. The van der Waals surface area contributed by atoms with Crippen LogP contribution < -0.4 is 4.57 Å². The molecule has 194 valence electrons. The molecule has 0 aliphatic heterocycles. The van der Waals surface area contributed by atoms with E-state index in [1.165, 1.54) is 22.3 Å². The van der Waals surface area contributed by atoms with Crippen LogP contribution in [0, 0.1) is 31.0 Å². The normalized spacial score (nSPS) is 13.4. The van der Waals surface area contributed by atoms with E-state index in [1.54, 1.807) is 19.2 Å². The van der Waals surface area contributed by atoms with Gasteiger partial charge in [-0.3, -0.25) is 0 Å². The van der Waals surface area contributed by atoms with Crippen LogP contribution in [-0.4, -0.2) is 0 Å². The Balaban J connectivity index is 1.52. The van der Waals surface area contributed by atoms with Gasteiger partial charge in [-0.1, -0.05) is 62.4 Å². The van der Waals surface area contributed by atoms with Crippen LogP contribution in [-0.2, 0) is 12.5 Å². The fourth-order valence-corrected chi connectivity index (χ4v) is 6.52. The molecule has 2 aromatic heterocycles. The second-order valence-corrected chi connectivity index (χ2v) is 11.5. The third kappa shape index (κ3) is 3.31. The van der Waals surface area contributed by atoms with Crippen LogP contribution in [0.3, 0.4) is 0 Å². The van der Waals surface area contributed by atoms with E-state index in [0.29, 0.717) is 16.7 Å². The monoisotopic (exact) mass is 523 g/mol.